The van der Waals surface area contributed by atoms with Crippen molar-refractivity contribution in [2.24, 2.45) is 5.41 Å². The number of hydrogen-bond acceptors (Lipinski definition) is 5. The molecule has 2 amide bonds. The molecule has 8 heteroatoms. The molecule has 1 fully saturated rings. The first-order valence-electron chi connectivity index (χ1n) is 12.8. The van der Waals surface area contributed by atoms with Gasteiger partial charge < -0.3 is 19.0 Å². The summed E-state index contributed by atoms with van der Waals surface area (Å²) < 4.78 is 25.7. The van der Waals surface area contributed by atoms with Gasteiger partial charge in [0.05, 0.1) is 6.04 Å². The van der Waals surface area contributed by atoms with Gasteiger partial charge in [-0.25, -0.2) is 9.37 Å². The lowest BCUT2D eigenvalue weighted by molar-refractivity contribution is -0.141. The van der Waals surface area contributed by atoms with Crippen LogP contribution in [-0.4, -0.2) is 46.2 Å². The second-order valence-electron chi connectivity index (χ2n) is 10.7. The Morgan fingerprint density at radius 3 is 2.62 bits per heavy atom. The number of amides is 2. The molecule has 2 aliphatic heterocycles. The zero-order chi connectivity index (χ0) is 26.2. The van der Waals surface area contributed by atoms with Crippen LogP contribution in [0.25, 0.3) is 0 Å². The minimum atomic E-state index is -0.577. The number of aromatic nitrogens is 1. The maximum atomic E-state index is 14.2. The van der Waals surface area contributed by atoms with E-state index in [-0.39, 0.29) is 29.9 Å². The van der Waals surface area contributed by atoms with E-state index in [1.165, 1.54) is 18.4 Å². The molecule has 0 spiro atoms. The summed E-state index contributed by atoms with van der Waals surface area (Å²) in [5.41, 5.74) is 2.42. The minimum Gasteiger partial charge on any atom is -0.484 e. The Morgan fingerprint density at radius 2 is 1.89 bits per heavy atom. The lowest BCUT2D eigenvalue weighted by atomic mass is 9.85. The molecule has 0 N–H and O–H groups in total. The molecule has 0 unspecified atom stereocenters. The molecule has 7 nitrogen and oxygen atoms in total. The molecule has 5 rings (SSSR count). The Morgan fingerprint density at radius 1 is 1.11 bits per heavy atom. The topological polar surface area (TPSA) is 75.9 Å². The van der Waals surface area contributed by atoms with Gasteiger partial charge in [0.15, 0.2) is 12.3 Å². The number of fused-ring (bicyclic) bond motifs is 1. The molecule has 1 saturated heterocycles. The summed E-state index contributed by atoms with van der Waals surface area (Å²) in [6, 6.07) is 11.8. The Kier molecular flexibility index (Phi) is 6.75. The average Bonchev–Trinajstić information content (AvgIpc) is 3.58. The molecule has 0 aliphatic carbocycles. The zero-order valence-corrected chi connectivity index (χ0v) is 21.5. The van der Waals surface area contributed by atoms with Crippen LogP contribution in [0.2, 0.25) is 0 Å². The van der Waals surface area contributed by atoms with E-state index >= 15 is 0 Å². The smallest absolute Gasteiger partial charge is 0.275 e. The van der Waals surface area contributed by atoms with Crippen molar-refractivity contribution >= 4 is 11.8 Å². The SMILES string of the molecule is CC(C)(C)C(=O)N1CCc2ccc(OCc3nc(C(=O)N4CCCC4)co3)cc2[C@H]1c1cccc(F)c1. The molecule has 0 radical (unpaired) electrons. The molecule has 3 aromatic rings. The van der Waals surface area contributed by atoms with Crippen LogP contribution in [0.5, 0.6) is 5.75 Å². The maximum absolute atomic E-state index is 14.2. The zero-order valence-electron chi connectivity index (χ0n) is 21.5. The van der Waals surface area contributed by atoms with Gasteiger partial charge in [-0.05, 0) is 60.2 Å². The van der Waals surface area contributed by atoms with Gasteiger partial charge in [-0.3, -0.25) is 9.59 Å². The number of halogens is 1. The Balaban J connectivity index is 1.39. The summed E-state index contributed by atoms with van der Waals surface area (Å²) in [5, 5.41) is 0. The molecule has 0 saturated carbocycles. The highest BCUT2D eigenvalue weighted by Crippen LogP contribution is 2.39. The largest absolute Gasteiger partial charge is 0.484 e. The van der Waals surface area contributed by atoms with Crippen molar-refractivity contribution in [3.8, 4) is 5.75 Å². The van der Waals surface area contributed by atoms with Crippen LogP contribution in [0.1, 0.15) is 72.7 Å². The predicted octanol–water partition coefficient (Wildman–Crippen LogP) is 5.15. The second kappa shape index (κ2) is 10.00. The van der Waals surface area contributed by atoms with E-state index in [1.807, 2.05) is 49.9 Å². The first-order chi connectivity index (χ1) is 17.7. The van der Waals surface area contributed by atoms with Crippen molar-refractivity contribution in [1.82, 2.24) is 14.8 Å². The number of hydrogen-bond donors (Lipinski definition) is 0. The summed E-state index contributed by atoms with van der Waals surface area (Å²) >= 11 is 0. The summed E-state index contributed by atoms with van der Waals surface area (Å²) in [7, 11) is 0. The molecule has 0 bridgehead atoms. The van der Waals surface area contributed by atoms with E-state index in [4.69, 9.17) is 9.15 Å². The average molecular weight is 506 g/mol. The normalized spacial score (nSPS) is 17.6. The number of nitrogens with zero attached hydrogens (tertiary/aromatic N) is 3. The van der Waals surface area contributed by atoms with Crippen LogP contribution >= 0.6 is 0 Å². The lowest BCUT2D eigenvalue weighted by Gasteiger charge is -2.41. The van der Waals surface area contributed by atoms with Crippen LogP contribution in [0.15, 0.2) is 53.1 Å². The molecular weight excluding hydrogens is 473 g/mol. The summed E-state index contributed by atoms with van der Waals surface area (Å²) in [5.74, 6) is 0.433. The molecular formula is C29H32FN3O4. The quantitative estimate of drug-likeness (QED) is 0.480. The fourth-order valence-electron chi connectivity index (χ4n) is 5.07. The van der Waals surface area contributed by atoms with Gasteiger partial charge in [0.25, 0.3) is 5.91 Å². The fourth-order valence-corrected chi connectivity index (χ4v) is 5.07. The number of rotatable bonds is 5. The van der Waals surface area contributed by atoms with Gasteiger partial charge in [-0.15, -0.1) is 0 Å². The summed E-state index contributed by atoms with van der Waals surface area (Å²) in [6.45, 7) is 7.78. The number of likely N-dealkylation sites (tertiary alicyclic amines) is 1. The van der Waals surface area contributed by atoms with E-state index in [1.54, 1.807) is 11.0 Å². The molecule has 2 aromatic carbocycles. The van der Waals surface area contributed by atoms with E-state index in [0.717, 1.165) is 37.1 Å². The van der Waals surface area contributed by atoms with Crippen molar-refractivity contribution in [3.05, 3.63) is 82.8 Å². The Bertz CT molecular complexity index is 1310. The van der Waals surface area contributed by atoms with Gasteiger partial charge in [-0.2, -0.15) is 0 Å². The van der Waals surface area contributed by atoms with E-state index in [0.29, 0.717) is 30.2 Å². The van der Waals surface area contributed by atoms with E-state index in [2.05, 4.69) is 4.98 Å². The standard InChI is InChI=1S/C29H32FN3O4/c1-29(2,3)28(35)33-14-11-19-9-10-22(16-23(19)26(33)20-7-6-8-21(30)15-20)36-18-25-31-24(17-37-25)27(34)32-12-4-5-13-32/h6-10,15-17,26H,4-5,11-14,18H2,1-3H3/t26-/m1/s1. The Labute approximate surface area is 216 Å². The number of oxazole rings is 1. The van der Waals surface area contributed by atoms with Crippen LogP contribution in [0.3, 0.4) is 0 Å². The van der Waals surface area contributed by atoms with Crippen molar-refractivity contribution < 1.29 is 23.1 Å². The fraction of sp³-hybridized carbons (Fsp3) is 0.414. The monoisotopic (exact) mass is 505 g/mol. The van der Waals surface area contributed by atoms with Gasteiger partial charge in [0, 0.05) is 25.0 Å². The van der Waals surface area contributed by atoms with Crippen molar-refractivity contribution in [2.75, 3.05) is 19.6 Å². The highest BCUT2D eigenvalue weighted by Gasteiger charge is 2.37. The summed E-state index contributed by atoms with van der Waals surface area (Å²) in [6.07, 6.45) is 4.09. The van der Waals surface area contributed by atoms with Crippen molar-refractivity contribution in [3.63, 3.8) is 0 Å². The van der Waals surface area contributed by atoms with Gasteiger partial charge in [-0.1, -0.05) is 39.0 Å². The van der Waals surface area contributed by atoms with Crippen molar-refractivity contribution in [2.45, 2.75) is 52.7 Å². The molecule has 1 aromatic heterocycles. The van der Waals surface area contributed by atoms with Gasteiger partial charge in [0.2, 0.25) is 11.8 Å². The number of ether oxygens (including phenoxy) is 1. The number of carbonyl (C=O) groups excluding carboxylic acids is 2. The highest BCUT2D eigenvalue weighted by molar-refractivity contribution is 5.92. The van der Waals surface area contributed by atoms with Crippen LogP contribution < -0.4 is 4.74 Å². The van der Waals surface area contributed by atoms with Gasteiger partial charge >= 0.3 is 0 Å². The minimum absolute atomic E-state index is 0.00807. The predicted molar refractivity (Wildman–Crippen MR) is 136 cm³/mol. The van der Waals surface area contributed by atoms with Gasteiger partial charge in [0.1, 0.15) is 17.8 Å². The molecule has 1 atom stereocenters. The second-order valence-corrected chi connectivity index (χ2v) is 10.7. The lowest BCUT2D eigenvalue weighted by Crippen LogP contribution is -2.45. The van der Waals surface area contributed by atoms with Crippen molar-refractivity contribution in [1.29, 1.82) is 0 Å². The van der Waals surface area contributed by atoms with Crippen LogP contribution in [0, 0.1) is 11.2 Å². The number of benzene rings is 2. The molecule has 3 heterocycles. The van der Waals surface area contributed by atoms with E-state index in [9.17, 15) is 14.0 Å². The van der Waals surface area contributed by atoms with E-state index < -0.39 is 11.5 Å². The highest BCUT2D eigenvalue weighted by atomic mass is 19.1. The summed E-state index contributed by atoms with van der Waals surface area (Å²) in [4.78, 5) is 33.9. The molecule has 2 aliphatic rings. The molecule has 37 heavy (non-hydrogen) atoms. The first kappa shape index (κ1) is 25.0. The number of carbonyl (C=O) groups is 2. The Hall–Kier alpha value is -3.68. The third-order valence-electron chi connectivity index (χ3n) is 6.94. The maximum Gasteiger partial charge on any atom is 0.275 e. The molecule has 194 valence electrons. The first-order valence-corrected chi connectivity index (χ1v) is 12.8. The third-order valence-corrected chi connectivity index (χ3v) is 6.94. The van der Waals surface area contributed by atoms with Crippen LogP contribution in [0.4, 0.5) is 4.39 Å². The third kappa shape index (κ3) is 5.24. The van der Waals surface area contributed by atoms with Crippen LogP contribution in [-0.2, 0) is 17.8 Å².